The molecule has 0 bridgehead atoms. The van der Waals surface area contributed by atoms with Crippen molar-refractivity contribution >= 4 is 0 Å². The molecule has 0 unspecified atom stereocenters. The third kappa shape index (κ3) is 2.12. The summed E-state index contributed by atoms with van der Waals surface area (Å²) in [6.07, 6.45) is 3.26. The Morgan fingerprint density at radius 1 is 1.60 bits per heavy atom. The molecule has 0 saturated heterocycles. The first kappa shape index (κ1) is 7.17. The minimum absolute atomic E-state index is 0.0364. The van der Waals surface area contributed by atoms with E-state index < -0.39 is 0 Å². The molecular formula is C5H9N3O2. The molecule has 0 aromatic carbocycles. The Kier molecular flexibility index (Phi) is 2.85. The summed E-state index contributed by atoms with van der Waals surface area (Å²) in [4.78, 5) is 0. The first-order valence-electron chi connectivity index (χ1n) is 2.96. The van der Waals surface area contributed by atoms with Gasteiger partial charge in [0.15, 0.2) is 0 Å². The highest BCUT2D eigenvalue weighted by Crippen LogP contribution is 1.81. The summed E-state index contributed by atoms with van der Waals surface area (Å²) in [5.41, 5.74) is 0. The van der Waals surface area contributed by atoms with Crippen molar-refractivity contribution in [2.75, 3.05) is 13.2 Å². The summed E-state index contributed by atoms with van der Waals surface area (Å²) in [6.45, 7) is 0.717. The Hall–Kier alpha value is -0.940. The summed E-state index contributed by atoms with van der Waals surface area (Å²) < 4.78 is 6.48. The van der Waals surface area contributed by atoms with Crippen LogP contribution in [-0.2, 0) is 11.5 Å². The van der Waals surface area contributed by atoms with Crippen molar-refractivity contribution in [1.82, 2.24) is 15.0 Å². The molecule has 1 N–H and O–H groups in total. The van der Waals surface area contributed by atoms with Crippen LogP contribution in [0, 0.1) is 0 Å². The summed E-state index contributed by atoms with van der Waals surface area (Å²) in [6, 6.07) is 0. The number of aliphatic hydroxyl groups excluding tert-OH is 1. The highest BCUT2D eigenvalue weighted by Gasteiger charge is 1.88. The van der Waals surface area contributed by atoms with Crippen LogP contribution in [0.3, 0.4) is 0 Å². The molecule has 0 amide bonds. The Bertz CT molecular complexity index is 163. The van der Waals surface area contributed by atoms with Crippen LogP contribution < -0.4 is 0 Å². The average Bonchev–Trinajstić information content (AvgIpc) is 2.41. The molecule has 0 saturated carbocycles. The van der Waals surface area contributed by atoms with Gasteiger partial charge >= 0.3 is 0 Å². The Labute approximate surface area is 58.2 Å². The zero-order valence-corrected chi connectivity index (χ0v) is 5.47. The van der Waals surface area contributed by atoms with Crippen LogP contribution in [0.15, 0.2) is 12.4 Å². The predicted octanol–water partition coefficient (Wildman–Crippen LogP) is -0.756. The lowest BCUT2D eigenvalue weighted by atomic mass is 10.8. The van der Waals surface area contributed by atoms with E-state index in [9.17, 15) is 0 Å². The molecule has 1 rings (SSSR count). The lowest BCUT2D eigenvalue weighted by molar-refractivity contribution is 0.0410. The number of nitrogens with zero attached hydrogens (tertiary/aromatic N) is 3. The van der Waals surface area contributed by atoms with Crippen LogP contribution in [0.25, 0.3) is 0 Å². The van der Waals surface area contributed by atoms with Crippen LogP contribution in [-0.4, -0.2) is 33.3 Å². The molecule has 0 spiro atoms. The van der Waals surface area contributed by atoms with Crippen molar-refractivity contribution in [3.63, 3.8) is 0 Å². The van der Waals surface area contributed by atoms with Crippen LogP contribution in [0.1, 0.15) is 0 Å². The molecule has 1 aromatic rings. The maximum atomic E-state index is 8.32. The topological polar surface area (TPSA) is 60.2 Å². The summed E-state index contributed by atoms with van der Waals surface area (Å²) in [7, 11) is 0. The van der Waals surface area contributed by atoms with Gasteiger partial charge in [0.1, 0.15) is 6.73 Å². The second-order valence-electron chi connectivity index (χ2n) is 1.70. The van der Waals surface area contributed by atoms with E-state index in [-0.39, 0.29) is 6.61 Å². The number of rotatable bonds is 4. The highest BCUT2D eigenvalue weighted by molar-refractivity contribution is 4.61. The van der Waals surface area contributed by atoms with Crippen LogP contribution in [0.4, 0.5) is 0 Å². The molecule has 0 aliphatic heterocycles. The second kappa shape index (κ2) is 3.97. The minimum Gasteiger partial charge on any atom is -0.394 e. The van der Waals surface area contributed by atoms with Gasteiger partial charge < -0.3 is 9.84 Å². The Morgan fingerprint density at radius 3 is 3.10 bits per heavy atom. The molecule has 0 fully saturated rings. The van der Waals surface area contributed by atoms with Gasteiger partial charge in [-0.3, -0.25) is 0 Å². The Balaban J connectivity index is 2.15. The molecule has 0 aliphatic carbocycles. The van der Waals surface area contributed by atoms with Gasteiger partial charge in [-0.2, -0.15) is 0 Å². The van der Waals surface area contributed by atoms with E-state index in [0.717, 1.165) is 0 Å². The first-order valence-corrected chi connectivity index (χ1v) is 2.96. The SMILES string of the molecule is OCCOCn1ccnn1. The van der Waals surface area contributed by atoms with Crippen molar-refractivity contribution in [2.45, 2.75) is 6.73 Å². The van der Waals surface area contributed by atoms with E-state index >= 15 is 0 Å². The number of hydrogen-bond donors (Lipinski definition) is 1. The lowest BCUT2D eigenvalue weighted by Crippen LogP contribution is -2.06. The third-order valence-electron chi connectivity index (χ3n) is 0.931. The van der Waals surface area contributed by atoms with Gasteiger partial charge in [-0.05, 0) is 0 Å². The van der Waals surface area contributed by atoms with E-state index in [0.29, 0.717) is 13.3 Å². The van der Waals surface area contributed by atoms with Gasteiger partial charge in [0.25, 0.3) is 0 Å². The molecule has 5 heteroatoms. The van der Waals surface area contributed by atoms with Crippen molar-refractivity contribution in [3.8, 4) is 0 Å². The van der Waals surface area contributed by atoms with Crippen molar-refractivity contribution in [3.05, 3.63) is 12.4 Å². The van der Waals surface area contributed by atoms with E-state index in [1.807, 2.05) is 0 Å². The number of ether oxygens (including phenoxy) is 1. The van der Waals surface area contributed by atoms with Gasteiger partial charge in [0.05, 0.1) is 19.4 Å². The van der Waals surface area contributed by atoms with Crippen molar-refractivity contribution in [2.24, 2.45) is 0 Å². The molecule has 0 radical (unpaired) electrons. The van der Waals surface area contributed by atoms with Crippen molar-refractivity contribution in [1.29, 1.82) is 0 Å². The van der Waals surface area contributed by atoms with E-state index in [1.54, 1.807) is 12.4 Å². The molecular weight excluding hydrogens is 134 g/mol. The maximum absolute atomic E-state index is 8.32. The van der Waals surface area contributed by atoms with E-state index in [4.69, 9.17) is 9.84 Å². The fourth-order valence-electron chi connectivity index (χ4n) is 0.524. The van der Waals surface area contributed by atoms with Gasteiger partial charge in [-0.15, -0.1) is 5.10 Å². The smallest absolute Gasteiger partial charge is 0.141 e. The molecule has 5 nitrogen and oxygen atoms in total. The molecule has 10 heavy (non-hydrogen) atoms. The second-order valence-corrected chi connectivity index (χ2v) is 1.70. The predicted molar refractivity (Wildman–Crippen MR) is 33.1 cm³/mol. The highest BCUT2D eigenvalue weighted by atomic mass is 16.5. The summed E-state index contributed by atoms with van der Waals surface area (Å²) in [5, 5.41) is 15.5. The zero-order chi connectivity index (χ0) is 7.23. The molecule has 0 aliphatic rings. The fourth-order valence-corrected chi connectivity index (χ4v) is 0.524. The quantitative estimate of drug-likeness (QED) is 0.563. The number of hydrogen-bond acceptors (Lipinski definition) is 4. The van der Waals surface area contributed by atoms with Crippen LogP contribution >= 0.6 is 0 Å². The number of aliphatic hydroxyl groups is 1. The van der Waals surface area contributed by atoms with Gasteiger partial charge in [0, 0.05) is 6.20 Å². The molecule has 1 heterocycles. The minimum atomic E-state index is 0.0364. The monoisotopic (exact) mass is 143 g/mol. The van der Waals surface area contributed by atoms with E-state index in [2.05, 4.69) is 10.3 Å². The van der Waals surface area contributed by atoms with Crippen LogP contribution in [0.5, 0.6) is 0 Å². The van der Waals surface area contributed by atoms with Crippen molar-refractivity contribution < 1.29 is 9.84 Å². The zero-order valence-electron chi connectivity index (χ0n) is 5.47. The average molecular weight is 143 g/mol. The number of aromatic nitrogens is 3. The third-order valence-corrected chi connectivity index (χ3v) is 0.931. The van der Waals surface area contributed by atoms with Gasteiger partial charge in [0.2, 0.25) is 0 Å². The standard InChI is InChI=1S/C5H9N3O2/c9-3-4-10-5-8-2-1-6-7-8/h1-2,9H,3-5H2. The molecule has 0 atom stereocenters. The first-order chi connectivity index (χ1) is 4.93. The Morgan fingerprint density at radius 2 is 2.50 bits per heavy atom. The van der Waals surface area contributed by atoms with Gasteiger partial charge in [-0.1, -0.05) is 5.21 Å². The maximum Gasteiger partial charge on any atom is 0.141 e. The normalized spacial score (nSPS) is 10.1. The van der Waals surface area contributed by atoms with E-state index in [1.165, 1.54) is 4.68 Å². The van der Waals surface area contributed by atoms with Crippen LogP contribution in [0.2, 0.25) is 0 Å². The largest absolute Gasteiger partial charge is 0.394 e. The molecule has 56 valence electrons. The lowest BCUT2D eigenvalue weighted by Gasteiger charge is -1.99. The summed E-state index contributed by atoms with van der Waals surface area (Å²) in [5.74, 6) is 0. The fraction of sp³-hybridized carbons (Fsp3) is 0.600. The van der Waals surface area contributed by atoms with Gasteiger partial charge in [-0.25, -0.2) is 4.68 Å². The summed E-state index contributed by atoms with van der Waals surface area (Å²) >= 11 is 0. The molecule has 1 aromatic heterocycles.